The van der Waals surface area contributed by atoms with E-state index in [9.17, 15) is 4.39 Å². The Balaban J connectivity index is 3.19. The average Bonchev–Trinajstić information content (AvgIpc) is 2.05. The second kappa shape index (κ2) is 3.28. The lowest BCUT2D eigenvalue weighted by Crippen LogP contribution is -2.10. The Morgan fingerprint density at radius 3 is 2.83 bits per heavy atom. The van der Waals surface area contributed by atoms with E-state index in [-0.39, 0.29) is 11.4 Å². The highest BCUT2D eigenvalue weighted by Crippen LogP contribution is 2.11. The monoisotopic (exact) mass is 165 g/mol. The Morgan fingerprint density at radius 1 is 1.67 bits per heavy atom. The predicted octanol–water partition coefficient (Wildman–Crippen LogP) is 1.11. The van der Waals surface area contributed by atoms with Gasteiger partial charge in [0.25, 0.3) is 0 Å². The molecule has 4 heteroatoms. The van der Waals surface area contributed by atoms with Gasteiger partial charge in [0.05, 0.1) is 5.69 Å². The van der Waals surface area contributed by atoms with Crippen molar-refractivity contribution in [1.29, 1.82) is 5.26 Å². The maximum Gasteiger partial charge on any atom is 0.146 e. The highest BCUT2D eigenvalue weighted by atomic mass is 19.1. The summed E-state index contributed by atoms with van der Waals surface area (Å²) in [7, 11) is 0. The smallest absolute Gasteiger partial charge is 0.146 e. The third-order valence-corrected chi connectivity index (χ3v) is 1.42. The molecule has 0 saturated heterocycles. The molecule has 0 spiro atoms. The summed E-state index contributed by atoms with van der Waals surface area (Å²) in [6.45, 7) is 1.62. The van der Waals surface area contributed by atoms with Crippen LogP contribution in [0.3, 0.4) is 0 Å². The zero-order chi connectivity index (χ0) is 9.14. The zero-order valence-corrected chi connectivity index (χ0v) is 6.58. The number of hydrogen-bond acceptors (Lipinski definition) is 3. The topological polar surface area (TPSA) is 62.7 Å². The molecule has 1 aromatic heterocycles. The Hall–Kier alpha value is -1.47. The van der Waals surface area contributed by atoms with Crippen LogP contribution in [0, 0.1) is 17.1 Å². The van der Waals surface area contributed by atoms with Gasteiger partial charge in [-0.2, -0.15) is 5.26 Å². The minimum absolute atomic E-state index is 0.133. The molecule has 0 bridgehead atoms. The third kappa shape index (κ3) is 1.57. The number of nitrogens with zero attached hydrogens (tertiary/aromatic N) is 2. The second-order valence-corrected chi connectivity index (χ2v) is 2.46. The molecule has 1 atom stereocenters. The van der Waals surface area contributed by atoms with Crippen LogP contribution in [0.2, 0.25) is 0 Å². The van der Waals surface area contributed by atoms with Gasteiger partial charge in [0.1, 0.15) is 17.6 Å². The fourth-order valence-electron chi connectivity index (χ4n) is 0.840. The van der Waals surface area contributed by atoms with Gasteiger partial charge in [-0.25, -0.2) is 9.37 Å². The molecule has 0 unspecified atom stereocenters. The van der Waals surface area contributed by atoms with Gasteiger partial charge in [-0.1, -0.05) is 0 Å². The number of halogens is 1. The fraction of sp³-hybridized carbons (Fsp3) is 0.250. The summed E-state index contributed by atoms with van der Waals surface area (Å²) in [6, 6.07) is 3.85. The van der Waals surface area contributed by atoms with E-state index in [1.165, 1.54) is 12.1 Å². The highest BCUT2D eigenvalue weighted by Gasteiger charge is 2.08. The molecular weight excluding hydrogens is 157 g/mol. The minimum atomic E-state index is -0.488. The van der Waals surface area contributed by atoms with Gasteiger partial charge in [-0.05, 0) is 19.1 Å². The van der Waals surface area contributed by atoms with E-state index in [2.05, 4.69) is 4.98 Å². The molecule has 3 nitrogen and oxygen atoms in total. The summed E-state index contributed by atoms with van der Waals surface area (Å²) in [4.78, 5) is 3.73. The van der Waals surface area contributed by atoms with Gasteiger partial charge >= 0.3 is 0 Å². The van der Waals surface area contributed by atoms with Crippen molar-refractivity contribution >= 4 is 0 Å². The molecule has 1 rings (SSSR count). The normalized spacial score (nSPS) is 12.2. The summed E-state index contributed by atoms with van der Waals surface area (Å²) < 4.78 is 12.9. The van der Waals surface area contributed by atoms with E-state index in [1.54, 1.807) is 6.92 Å². The van der Waals surface area contributed by atoms with E-state index >= 15 is 0 Å². The third-order valence-electron chi connectivity index (χ3n) is 1.42. The maximum atomic E-state index is 12.9. The lowest BCUT2D eigenvalue weighted by Gasteiger charge is -2.04. The quantitative estimate of drug-likeness (QED) is 0.678. The summed E-state index contributed by atoms with van der Waals surface area (Å²) in [5, 5.41) is 8.46. The van der Waals surface area contributed by atoms with Crippen molar-refractivity contribution in [3.8, 4) is 6.07 Å². The lowest BCUT2D eigenvalue weighted by atomic mass is 10.2. The van der Waals surface area contributed by atoms with Crippen molar-refractivity contribution in [3.63, 3.8) is 0 Å². The fourth-order valence-corrected chi connectivity index (χ4v) is 0.840. The SMILES string of the molecule is C[C@H](N)c1nc(C#N)ccc1F. The molecule has 0 aliphatic heterocycles. The minimum Gasteiger partial charge on any atom is -0.323 e. The molecule has 0 aliphatic rings. The van der Waals surface area contributed by atoms with Crippen molar-refractivity contribution < 1.29 is 4.39 Å². The van der Waals surface area contributed by atoms with Crippen LogP contribution in [0.15, 0.2) is 12.1 Å². The molecule has 0 aliphatic carbocycles. The highest BCUT2D eigenvalue weighted by molar-refractivity contribution is 5.24. The Labute approximate surface area is 69.6 Å². The first-order valence-corrected chi connectivity index (χ1v) is 3.47. The summed E-state index contributed by atoms with van der Waals surface area (Å²) in [6.07, 6.45) is 0. The molecule has 0 amide bonds. The molecule has 2 N–H and O–H groups in total. The molecule has 12 heavy (non-hydrogen) atoms. The second-order valence-electron chi connectivity index (χ2n) is 2.46. The molecule has 0 aromatic carbocycles. The van der Waals surface area contributed by atoms with Crippen molar-refractivity contribution in [2.75, 3.05) is 0 Å². The van der Waals surface area contributed by atoms with E-state index in [1.807, 2.05) is 6.07 Å². The zero-order valence-electron chi connectivity index (χ0n) is 6.58. The number of aromatic nitrogens is 1. The van der Waals surface area contributed by atoms with Gasteiger partial charge in [0.2, 0.25) is 0 Å². The molecule has 0 saturated carbocycles. The van der Waals surface area contributed by atoms with Gasteiger partial charge in [0, 0.05) is 6.04 Å². The van der Waals surface area contributed by atoms with Gasteiger partial charge in [-0.15, -0.1) is 0 Å². The van der Waals surface area contributed by atoms with Gasteiger partial charge < -0.3 is 5.73 Å². The van der Waals surface area contributed by atoms with Crippen molar-refractivity contribution in [2.24, 2.45) is 5.73 Å². The predicted molar refractivity (Wildman–Crippen MR) is 41.5 cm³/mol. The van der Waals surface area contributed by atoms with Crippen LogP contribution in [0.25, 0.3) is 0 Å². The molecule has 1 aromatic rings. The van der Waals surface area contributed by atoms with E-state index < -0.39 is 11.9 Å². The molecular formula is C8H8FN3. The van der Waals surface area contributed by atoms with Crippen LogP contribution in [-0.4, -0.2) is 4.98 Å². The molecule has 0 radical (unpaired) electrons. The van der Waals surface area contributed by atoms with Crippen LogP contribution in [0.1, 0.15) is 24.4 Å². The van der Waals surface area contributed by atoms with E-state index in [0.717, 1.165) is 0 Å². The number of rotatable bonds is 1. The van der Waals surface area contributed by atoms with E-state index in [4.69, 9.17) is 11.0 Å². The van der Waals surface area contributed by atoms with Crippen LogP contribution in [0.5, 0.6) is 0 Å². The molecule has 0 fully saturated rings. The van der Waals surface area contributed by atoms with Crippen LogP contribution in [0.4, 0.5) is 4.39 Å². The van der Waals surface area contributed by atoms with Crippen LogP contribution in [-0.2, 0) is 0 Å². The van der Waals surface area contributed by atoms with Crippen LogP contribution < -0.4 is 5.73 Å². The summed E-state index contributed by atoms with van der Waals surface area (Å²) >= 11 is 0. The number of pyridine rings is 1. The van der Waals surface area contributed by atoms with Crippen molar-refractivity contribution in [3.05, 3.63) is 29.3 Å². The summed E-state index contributed by atoms with van der Waals surface area (Å²) in [5.41, 5.74) is 5.74. The summed E-state index contributed by atoms with van der Waals surface area (Å²) in [5.74, 6) is -0.469. The largest absolute Gasteiger partial charge is 0.323 e. The van der Waals surface area contributed by atoms with Gasteiger partial charge in [-0.3, -0.25) is 0 Å². The van der Waals surface area contributed by atoms with Crippen molar-refractivity contribution in [2.45, 2.75) is 13.0 Å². The first-order chi connectivity index (χ1) is 5.65. The van der Waals surface area contributed by atoms with E-state index in [0.29, 0.717) is 0 Å². The maximum absolute atomic E-state index is 12.9. The van der Waals surface area contributed by atoms with Crippen molar-refractivity contribution in [1.82, 2.24) is 4.98 Å². The number of nitriles is 1. The number of hydrogen-bond donors (Lipinski definition) is 1. The first-order valence-electron chi connectivity index (χ1n) is 3.47. The lowest BCUT2D eigenvalue weighted by molar-refractivity contribution is 0.578. The standard InChI is InChI=1S/C8H8FN3/c1-5(11)8-7(9)3-2-6(4-10)12-8/h2-3,5H,11H2,1H3/t5-/m0/s1. The average molecular weight is 165 g/mol. The Kier molecular flexibility index (Phi) is 2.36. The van der Waals surface area contributed by atoms with Gasteiger partial charge in [0.15, 0.2) is 0 Å². The number of nitrogens with two attached hydrogens (primary N) is 1. The first kappa shape index (κ1) is 8.62. The van der Waals surface area contributed by atoms with Crippen LogP contribution >= 0.6 is 0 Å². The Bertz CT molecular complexity index is 328. The molecule has 1 heterocycles. The molecule has 62 valence electrons. The Morgan fingerprint density at radius 2 is 2.33 bits per heavy atom.